The van der Waals surface area contributed by atoms with Crippen molar-refractivity contribution in [3.05, 3.63) is 35.5 Å². The van der Waals surface area contributed by atoms with E-state index in [1.165, 1.54) is 0 Å². The summed E-state index contributed by atoms with van der Waals surface area (Å²) in [7, 11) is 0. The Morgan fingerprint density at radius 3 is 2.69 bits per heavy atom. The van der Waals surface area contributed by atoms with Crippen molar-refractivity contribution in [1.29, 1.82) is 5.26 Å². The number of hydrogen-bond acceptors (Lipinski definition) is 4. The van der Waals surface area contributed by atoms with Crippen molar-refractivity contribution in [2.24, 2.45) is 22.2 Å². The van der Waals surface area contributed by atoms with Crippen molar-refractivity contribution in [3.8, 4) is 6.07 Å². The van der Waals surface area contributed by atoms with Gasteiger partial charge < -0.3 is 17.2 Å². The predicted octanol–water partition coefficient (Wildman–Crippen LogP) is -0.377. The zero-order chi connectivity index (χ0) is 12.1. The molecule has 7 heteroatoms. The fourth-order valence-electron chi connectivity index (χ4n) is 0.881. The Hall–Kier alpha value is -2.62. The van der Waals surface area contributed by atoms with E-state index in [2.05, 4.69) is 9.98 Å². The maximum atomic E-state index is 13.2. The number of aliphatic imine (C=N–C) groups is 1. The molecule has 82 valence electrons. The third-order valence-electron chi connectivity index (χ3n) is 1.62. The van der Waals surface area contributed by atoms with E-state index in [9.17, 15) is 4.39 Å². The molecular weight excluding hydrogens is 211 g/mol. The van der Waals surface area contributed by atoms with Gasteiger partial charge >= 0.3 is 0 Å². The minimum absolute atomic E-state index is 0.0942. The first kappa shape index (κ1) is 11.5. The molecule has 0 spiro atoms. The van der Waals surface area contributed by atoms with E-state index in [1.807, 2.05) is 0 Å². The largest absolute Gasteiger partial charge is 0.396 e. The summed E-state index contributed by atoms with van der Waals surface area (Å²) in [6.07, 6.45) is 2.24. The lowest BCUT2D eigenvalue weighted by atomic mass is 10.2. The standard InChI is InChI=1S/C9H9FN6/c10-6-1-8(15-3-5(6)2-11)7(12)4-16-9(13)14/h1,3-4H,12H2,(H4,13,14,16)/b7-4-. The molecule has 0 aliphatic carbocycles. The predicted molar refractivity (Wildman–Crippen MR) is 56.9 cm³/mol. The molecule has 0 saturated carbocycles. The summed E-state index contributed by atoms with van der Waals surface area (Å²) in [6, 6.07) is 2.68. The quantitative estimate of drug-likeness (QED) is 0.462. The van der Waals surface area contributed by atoms with Crippen LogP contribution >= 0.6 is 0 Å². The molecule has 1 aromatic rings. The van der Waals surface area contributed by atoms with Gasteiger partial charge in [-0.25, -0.2) is 9.38 Å². The normalized spacial score (nSPS) is 10.6. The Kier molecular flexibility index (Phi) is 3.40. The van der Waals surface area contributed by atoms with E-state index in [0.717, 1.165) is 18.5 Å². The lowest BCUT2D eigenvalue weighted by Crippen LogP contribution is -2.22. The Labute approximate surface area is 90.9 Å². The Morgan fingerprint density at radius 1 is 1.50 bits per heavy atom. The minimum Gasteiger partial charge on any atom is -0.396 e. The van der Waals surface area contributed by atoms with Gasteiger partial charge in [0.25, 0.3) is 0 Å². The van der Waals surface area contributed by atoms with Crippen molar-refractivity contribution < 1.29 is 4.39 Å². The molecule has 16 heavy (non-hydrogen) atoms. The molecule has 0 bridgehead atoms. The molecule has 1 rings (SSSR count). The highest BCUT2D eigenvalue weighted by atomic mass is 19.1. The second-order valence-electron chi connectivity index (χ2n) is 2.80. The van der Waals surface area contributed by atoms with Gasteiger partial charge in [0.2, 0.25) is 0 Å². The fourth-order valence-corrected chi connectivity index (χ4v) is 0.881. The molecule has 0 unspecified atom stereocenters. The molecule has 6 N–H and O–H groups in total. The average molecular weight is 220 g/mol. The number of rotatable bonds is 2. The number of aromatic nitrogens is 1. The van der Waals surface area contributed by atoms with Gasteiger partial charge in [0.15, 0.2) is 5.96 Å². The minimum atomic E-state index is -0.700. The van der Waals surface area contributed by atoms with Crippen LogP contribution in [0.25, 0.3) is 5.70 Å². The molecule has 1 aromatic heterocycles. The number of nitrogens with two attached hydrogens (primary N) is 3. The van der Waals surface area contributed by atoms with Crippen LogP contribution in [0.4, 0.5) is 4.39 Å². The summed E-state index contributed by atoms with van der Waals surface area (Å²) in [6.45, 7) is 0. The van der Waals surface area contributed by atoms with Gasteiger partial charge in [0, 0.05) is 12.3 Å². The van der Waals surface area contributed by atoms with Crippen LogP contribution < -0.4 is 17.2 Å². The smallest absolute Gasteiger partial charge is 0.190 e. The molecule has 1 heterocycles. The summed E-state index contributed by atoms with van der Waals surface area (Å²) in [5.41, 5.74) is 15.8. The van der Waals surface area contributed by atoms with Crippen LogP contribution in [-0.2, 0) is 0 Å². The van der Waals surface area contributed by atoms with E-state index in [-0.39, 0.29) is 22.9 Å². The van der Waals surface area contributed by atoms with E-state index < -0.39 is 5.82 Å². The molecule has 0 saturated heterocycles. The van der Waals surface area contributed by atoms with Gasteiger partial charge in [-0.05, 0) is 0 Å². The second kappa shape index (κ2) is 4.75. The van der Waals surface area contributed by atoms with Crippen molar-refractivity contribution in [2.75, 3.05) is 0 Å². The maximum Gasteiger partial charge on any atom is 0.190 e. The van der Waals surface area contributed by atoms with E-state index >= 15 is 0 Å². The first-order valence-electron chi connectivity index (χ1n) is 4.15. The number of nitriles is 1. The van der Waals surface area contributed by atoms with Crippen LogP contribution in [0.2, 0.25) is 0 Å². The van der Waals surface area contributed by atoms with Crippen LogP contribution in [-0.4, -0.2) is 10.9 Å². The lowest BCUT2D eigenvalue weighted by molar-refractivity contribution is 0.620. The third-order valence-corrected chi connectivity index (χ3v) is 1.62. The number of pyridine rings is 1. The van der Waals surface area contributed by atoms with E-state index in [4.69, 9.17) is 22.5 Å². The van der Waals surface area contributed by atoms with Crippen LogP contribution in [0.3, 0.4) is 0 Å². The van der Waals surface area contributed by atoms with Gasteiger partial charge in [-0.3, -0.25) is 4.98 Å². The van der Waals surface area contributed by atoms with Crippen molar-refractivity contribution in [2.45, 2.75) is 0 Å². The van der Waals surface area contributed by atoms with Gasteiger partial charge in [0.1, 0.15) is 17.4 Å². The molecule has 0 fully saturated rings. The van der Waals surface area contributed by atoms with Crippen molar-refractivity contribution in [3.63, 3.8) is 0 Å². The molecule has 6 nitrogen and oxygen atoms in total. The number of halogens is 1. The van der Waals surface area contributed by atoms with Crippen LogP contribution in [0.1, 0.15) is 11.3 Å². The van der Waals surface area contributed by atoms with Crippen LogP contribution in [0.15, 0.2) is 23.5 Å². The summed E-state index contributed by atoms with van der Waals surface area (Å²) in [4.78, 5) is 7.31. The first-order chi connectivity index (χ1) is 7.54. The fraction of sp³-hybridized carbons (Fsp3) is 0. The Balaban J connectivity index is 3.08. The van der Waals surface area contributed by atoms with Crippen LogP contribution in [0, 0.1) is 17.1 Å². The van der Waals surface area contributed by atoms with E-state index in [0.29, 0.717) is 0 Å². The zero-order valence-electron chi connectivity index (χ0n) is 8.18. The summed E-state index contributed by atoms with van der Waals surface area (Å²) in [5.74, 6) is -0.870. The SMILES string of the molecule is N#Cc1cnc(/C(N)=C/N=C(N)N)cc1F. The third kappa shape index (κ3) is 2.68. The van der Waals surface area contributed by atoms with Crippen molar-refractivity contribution >= 4 is 11.7 Å². The summed E-state index contributed by atoms with van der Waals surface area (Å²) >= 11 is 0. The Morgan fingerprint density at radius 2 is 2.19 bits per heavy atom. The van der Waals surface area contributed by atoms with Crippen molar-refractivity contribution in [1.82, 2.24) is 4.98 Å². The molecule has 0 aromatic carbocycles. The second-order valence-corrected chi connectivity index (χ2v) is 2.80. The number of nitrogens with zero attached hydrogens (tertiary/aromatic N) is 3. The van der Waals surface area contributed by atoms with Crippen LogP contribution in [0.5, 0.6) is 0 Å². The number of guanidine groups is 1. The lowest BCUT2D eigenvalue weighted by Gasteiger charge is -2.00. The van der Waals surface area contributed by atoms with Gasteiger partial charge in [0.05, 0.1) is 17.6 Å². The molecule has 0 radical (unpaired) electrons. The monoisotopic (exact) mass is 220 g/mol. The maximum absolute atomic E-state index is 13.2. The van der Waals surface area contributed by atoms with Gasteiger partial charge in [-0.1, -0.05) is 0 Å². The topological polar surface area (TPSA) is 127 Å². The summed E-state index contributed by atoms with van der Waals surface area (Å²) in [5, 5.41) is 8.49. The Bertz CT molecular complexity index is 495. The first-order valence-corrected chi connectivity index (χ1v) is 4.15. The average Bonchev–Trinajstić information content (AvgIpc) is 2.25. The molecule has 0 atom stereocenters. The van der Waals surface area contributed by atoms with Gasteiger partial charge in [-0.15, -0.1) is 0 Å². The van der Waals surface area contributed by atoms with Gasteiger partial charge in [-0.2, -0.15) is 5.26 Å². The highest BCUT2D eigenvalue weighted by molar-refractivity contribution is 5.77. The molecule has 0 aliphatic rings. The summed E-state index contributed by atoms with van der Waals surface area (Å²) < 4.78 is 13.2. The number of hydrogen-bond donors (Lipinski definition) is 3. The molecular formula is C9H9FN6. The highest BCUT2D eigenvalue weighted by Gasteiger charge is 2.05. The molecule has 0 amide bonds. The molecule has 0 aliphatic heterocycles. The zero-order valence-corrected chi connectivity index (χ0v) is 8.18. The highest BCUT2D eigenvalue weighted by Crippen LogP contribution is 2.10. The van der Waals surface area contributed by atoms with E-state index in [1.54, 1.807) is 6.07 Å².